The van der Waals surface area contributed by atoms with Crippen LogP contribution in [0.1, 0.15) is 24.0 Å². The highest BCUT2D eigenvalue weighted by Gasteiger charge is 2.31. The van der Waals surface area contributed by atoms with Crippen molar-refractivity contribution in [1.82, 2.24) is 9.80 Å². The van der Waals surface area contributed by atoms with Crippen LogP contribution in [-0.2, 0) is 9.59 Å². The molecule has 0 saturated carbocycles. The first-order valence-corrected chi connectivity index (χ1v) is 12.1. The first-order chi connectivity index (χ1) is 15.9. The minimum atomic E-state index is 0.00287. The number of aryl methyl sites for hydroxylation is 2. The van der Waals surface area contributed by atoms with Crippen LogP contribution in [0.25, 0.3) is 0 Å². The molecule has 7 heteroatoms. The molecule has 2 aliphatic heterocycles. The molecule has 176 valence electrons. The van der Waals surface area contributed by atoms with Gasteiger partial charge in [0.25, 0.3) is 0 Å². The molecule has 2 aliphatic rings. The van der Waals surface area contributed by atoms with Gasteiger partial charge in [-0.2, -0.15) is 0 Å². The third kappa shape index (κ3) is 6.27. The quantitative estimate of drug-likeness (QED) is 0.721. The molecule has 0 atom stereocenters. The van der Waals surface area contributed by atoms with Gasteiger partial charge in [0.05, 0.1) is 6.54 Å². The summed E-state index contributed by atoms with van der Waals surface area (Å²) in [5.41, 5.74) is 4.27. The third-order valence-electron chi connectivity index (χ3n) is 6.59. The maximum Gasteiger partial charge on any atom is 0.238 e. The van der Waals surface area contributed by atoms with Crippen LogP contribution < -0.4 is 10.2 Å². The molecule has 0 bridgehead atoms. The Morgan fingerprint density at radius 2 is 1.52 bits per heavy atom. The molecule has 2 aromatic carbocycles. The Morgan fingerprint density at radius 1 is 0.909 bits per heavy atom. The van der Waals surface area contributed by atoms with Crippen LogP contribution in [0, 0.1) is 19.8 Å². The molecule has 6 nitrogen and oxygen atoms in total. The molecule has 33 heavy (non-hydrogen) atoms. The smallest absolute Gasteiger partial charge is 0.238 e. The minimum absolute atomic E-state index is 0.00287. The summed E-state index contributed by atoms with van der Waals surface area (Å²) in [7, 11) is 0. The first kappa shape index (κ1) is 23.6. The lowest BCUT2D eigenvalue weighted by molar-refractivity contribution is -0.137. The second-order valence-corrected chi connectivity index (χ2v) is 9.70. The highest BCUT2D eigenvalue weighted by Crippen LogP contribution is 2.23. The average Bonchev–Trinajstić information content (AvgIpc) is 2.79. The number of piperazine rings is 1. The van der Waals surface area contributed by atoms with E-state index in [1.54, 1.807) is 0 Å². The van der Waals surface area contributed by atoms with Crippen molar-refractivity contribution in [2.24, 2.45) is 5.92 Å². The summed E-state index contributed by atoms with van der Waals surface area (Å²) in [6, 6.07) is 14.0. The van der Waals surface area contributed by atoms with Gasteiger partial charge in [0, 0.05) is 48.5 Å². The van der Waals surface area contributed by atoms with Crippen molar-refractivity contribution >= 4 is 34.8 Å². The first-order valence-electron chi connectivity index (χ1n) is 11.8. The van der Waals surface area contributed by atoms with Crippen LogP contribution in [0.5, 0.6) is 0 Å². The predicted octanol–water partition coefficient (Wildman–Crippen LogP) is 3.96. The van der Waals surface area contributed by atoms with Crippen molar-refractivity contribution in [3.63, 3.8) is 0 Å². The Balaban J connectivity index is 1.20. The number of anilines is 2. The van der Waals surface area contributed by atoms with Gasteiger partial charge in [-0.25, -0.2) is 0 Å². The van der Waals surface area contributed by atoms with E-state index in [1.807, 2.05) is 55.1 Å². The Morgan fingerprint density at radius 3 is 2.12 bits per heavy atom. The molecular weight excluding hydrogens is 436 g/mol. The number of benzene rings is 2. The largest absolute Gasteiger partial charge is 0.368 e. The number of nitrogens with one attached hydrogen (secondary N) is 1. The number of hydrogen-bond donors (Lipinski definition) is 1. The number of rotatable bonds is 5. The highest BCUT2D eigenvalue weighted by molar-refractivity contribution is 6.30. The van der Waals surface area contributed by atoms with Crippen LogP contribution in [-0.4, -0.2) is 67.4 Å². The number of carbonyl (C=O) groups excluding carboxylic acids is 2. The number of nitrogens with zero attached hydrogens (tertiary/aromatic N) is 3. The third-order valence-corrected chi connectivity index (χ3v) is 6.84. The number of hydrogen-bond acceptors (Lipinski definition) is 4. The molecule has 2 saturated heterocycles. The van der Waals surface area contributed by atoms with Crippen molar-refractivity contribution in [3.8, 4) is 0 Å². The molecule has 0 radical (unpaired) electrons. The van der Waals surface area contributed by atoms with Gasteiger partial charge >= 0.3 is 0 Å². The molecule has 0 aliphatic carbocycles. The maximum absolute atomic E-state index is 13.1. The lowest BCUT2D eigenvalue weighted by Crippen LogP contribution is -2.52. The average molecular weight is 469 g/mol. The summed E-state index contributed by atoms with van der Waals surface area (Å²) in [5.74, 6) is 0.332. The molecule has 2 heterocycles. The van der Waals surface area contributed by atoms with E-state index in [2.05, 4.69) is 21.2 Å². The normalized spacial score (nSPS) is 17.8. The molecule has 4 rings (SSSR count). The van der Waals surface area contributed by atoms with Crippen LogP contribution >= 0.6 is 11.6 Å². The van der Waals surface area contributed by atoms with E-state index in [1.165, 1.54) is 0 Å². The molecule has 2 aromatic rings. The van der Waals surface area contributed by atoms with Gasteiger partial charge in [-0.15, -0.1) is 0 Å². The van der Waals surface area contributed by atoms with Crippen LogP contribution in [0.15, 0.2) is 42.5 Å². The standard InChI is InChI=1S/C26H33ClN4O2/c1-19-15-20(2)17-23(16-19)28-25(32)18-29-9-7-21(8-10-29)26(33)31-13-11-30(12-14-31)24-5-3-22(27)4-6-24/h3-6,15-17,21H,7-14,18H2,1-2H3,(H,28,32). The highest BCUT2D eigenvalue weighted by atomic mass is 35.5. The van der Waals surface area contributed by atoms with E-state index < -0.39 is 0 Å². The zero-order chi connectivity index (χ0) is 23.4. The summed E-state index contributed by atoms with van der Waals surface area (Å²) in [4.78, 5) is 32.0. The summed E-state index contributed by atoms with van der Waals surface area (Å²) in [6.45, 7) is 9.16. The Kier molecular flexibility index (Phi) is 7.56. The van der Waals surface area contributed by atoms with Crippen molar-refractivity contribution in [2.45, 2.75) is 26.7 Å². The van der Waals surface area contributed by atoms with Gasteiger partial charge in [-0.1, -0.05) is 17.7 Å². The van der Waals surface area contributed by atoms with E-state index in [0.29, 0.717) is 6.54 Å². The van der Waals surface area contributed by atoms with Crippen LogP contribution in [0.2, 0.25) is 5.02 Å². The maximum atomic E-state index is 13.1. The fourth-order valence-electron chi connectivity index (χ4n) is 4.88. The molecule has 2 amide bonds. The lowest BCUT2D eigenvalue weighted by Gasteiger charge is -2.39. The van der Waals surface area contributed by atoms with Crippen LogP contribution in [0.3, 0.4) is 0 Å². The van der Waals surface area contributed by atoms with Gasteiger partial charge in [0.15, 0.2) is 0 Å². The molecular formula is C26H33ClN4O2. The second kappa shape index (κ2) is 10.6. The van der Waals surface area contributed by atoms with Gasteiger partial charge < -0.3 is 15.1 Å². The van der Waals surface area contributed by atoms with Gasteiger partial charge in [0.2, 0.25) is 11.8 Å². The van der Waals surface area contributed by atoms with Gasteiger partial charge in [0.1, 0.15) is 0 Å². The number of halogens is 1. The van der Waals surface area contributed by atoms with Crippen molar-refractivity contribution in [3.05, 3.63) is 58.6 Å². The van der Waals surface area contributed by atoms with Crippen molar-refractivity contribution in [2.75, 3.05) is 56.0 Å². The van der Waals surface area contributed by atoms with Crippen molar-refractivity contribution in [1.29, 1.82) is 0 Å². The van der Waals surface area contributed by atoms with E-state index >= 15 is 0 Å². The van der Waals surface area contributed by atoms with E-state index in [0.717, 1.165) is 79.6 Å². The monoisotopic (exact) mass is 468 g/mol. The topological polar surface area (TPSA) is 55.9 Å². The zero-order valence-electron chi connectivity index (χ0n) is 19.5. The number of piperidine rings is 1. The molecule has 1 N–H and O–H groups in total. The number of carbonyl (C=O) groups is 2. The Bertz CT molecular complexity index is 958. The van der Waals surface area contributed by atoms with Crippen molar-refractivity contribution < 1.29 is 9.59 Å². The second-order valence-electron chi connectivity index (χ2n) is 9.26. The summed E-state index contributed by atoms with van der Waals surface area (Å²) in [6.07, 6.45) is 1.63. The summed E-state index contributed by atoms with van der Waals surface area (Å²) >= 11 is 5.99. The Hall–Kier alpha value is -2.57. The van der Waals surface area contributed by atoms with Crippen LogP contribution in [0.4, 0.5) is 11.4 Å². The Labute approximate surface area is 201 Å². The minimum Gasteiger partial charge on any atom is -0.368 e. The number of amides is 2. The lowest BCUT2D eigenvalue weighted by atomic mass is 9.95. The number of likely N-dealkylation sites (tertiary alicyclic amines) is 1. The van der Waals surface area contributed by atoms with Gasteiger partial charge in [-0.05, 0) is 87.3 Å². The summed E-state index contributed by atoms with van der Waals surface area (Å²) < 4.78 is 0. The molecule has 2 fully saturated rings. The zero-order valence-corrected chi connectivity index (χ0v) is 20.3. The van der Waals surface area contributed by atoms with E-state index in [-0.39, 0.29) is 17.7 Å². The predicted molar refractivity (Wildman–Crippen MR) is 134 cm³/mol. The van der Waals surface area contributed by atoms with Gasteiger partial charge in [-0.3, -0.25) is 14.5 Å². The van der Waals surface area contributed by atoms with E-state index in [4.69, 9.17) is 11.6 Å². The fourth-order valence-corrected chi connectivity index (χ4v) is 5.01. The molecule has 0 aromatic heterocycles. The SMILES string of the molecule is Cc1cc(C)cc(NC(=O)CN2CCC(C(=O)N3CCN(c4ccc(Cl)cc4)CC3)CC2)c1. The summed E-state index contributed by atoms with van der Waals surface area (Å²) in [5, 5.41) is 3.75. The van der Waals surface area contributed by atoms with E-state index in [9.17, 15) is 9.59 Å². The molecule has 0 unspecified atom stereocenters. The molecule has 0 spiro atoms. The fraction of sp³-hybridized carbons (Fsp3) is 0.462.